The number of carboxylic acid groups (broad SMARTS) is 1. The van der Waals surface area contributed by atoms with Crippen molar-refractivity contribution < 1.29 is 28.9 Å². The van der Waals surface area contributed by atoms with Gasteiger partial charge in [-0.2, -0.15) is 0 Å². The molecule has 1 aromatic carbocycles. The van der Waals surface area contributed by atoms with E-state index in [0.29, 0.717) is 30.8 Å². The molecule has 1 aromatic heterocycles. The van der Waals surface area contributed by atoms with Crippen LogP contribution in [-0.4, -0.2) is 53.6 Å². The molecule has 0 spiro atoms. The minimum Gasteiger partial charge on any atom is -0.496 e. The van der Waals surface area contributed by atoms with Crippen molar-refractivity contribution in [2.24, 2.45) is 11.8 Å². The van der Waals surface area contributed by atoms with Gasteiger partial charge in [0.25, 0.3) is 5.91 Å². The zero-order valence-corrected chi connectivity index (χ0v) is 22.3. The van der Waals surface area contributed by atoms with E-state index in [1.165, 1.54) is 11.3 Å². The lowest BCUT2D eigenvalue weighted by Gasteiger charge is -2.40. The van der Waals surface area contributed by atoms with Gasteiger partial charge in [0.15, 0.2) is 5.72 Å². The largest absolute Gasteiger partial charge is 0.507 e. The fourth-order valence-corrected chi connectivity index (χ4v) is 5.97. The van der Waals surface area contributed by atoms with Crippen LogP contribution < -0.4 is 4.74 Å². The van der Waals surface area contributed by atoms with Crippen LogP contribution >= 0.6 is 11.3 Å². The Morgan fingerprint density at radius 1 is 1.29 bits per heavy atom. The number of hydrogen-bond acceptors (Lipinski definition) is 7. The maximum absolute atomic E-state index is 14.2. The minimum absolute atomic E-state index is 0.0701. The number of nitrogens with zero attached hydrogens (tertiary/aromatic N) is 2. The normalized spacial score (nSPS) is 22.5. The summed E-state index contributed by atoms with van der Waals surface area (Å²) in [5.74, 6) is 0.157. The third-order valence-corrected chi connectivity index (χ3v) is 7.16. The topological polar surface area (TPSA) is 98.2 Å². The summed E-state index contributed by atoms with van der Waals surface area (Å²) in [6.07, 6.45) is 0.942. The molecule has 1 saturated heterocycles. The van der Waals surface area contributed by atoms with Crippen LogP contribution in [0.2, 0.25) is 0 Å². The van der Waals surface area contributed by atoms with E-state index in [0.717, 1.165) is 10.6 Å². The van der Waals surface area contributed by atoms with Crippen molar-refractivity contribution in [2.75, 3.05) is 20.8 Å². The van der Waals surface area contributed by atoms with Gasteiger partial charge in [-0.15, -0.1) is 11.3 Å². The minimum atomic E-state index is -1.42. The van der Waals surface area contributed by atoms with Crippen molar-refractivity contribution >= 4 is 23.4 Å². The summed E-state index contributed by atoms with van der Waals surface area (Å²) in [7, 11) is 3.18. The molecule has 2 heterocycles. The van der Waals surface area contributed by atoms with E-state index in [4.69, 9.17) is 14.2 Å². The average Bonchev–Trinajstić information content (AvgIpc) is 3.37. The van der Waals surface area contributed by atoms with Gasteiger partial charge in [0.2, 0.25) is 0 Å². The number of hydrogen-bond donors (Lipinski definition) is 1. The van der Waals surface area contributed by atoms with Crippen molar-refractivity contribution in [3.8, 4) is 5.75 Å². The molecule has 35 heavy (non-hydrogen) atoms. The molecule has 1 fully saturated rings. The lowest BCUT2D eigenvalue weighted by molar-refractivity contribution is -0.108. The maximum Gasteiger partial charge on any atom is 0.507 e. The van der Waals surface area contributed by atoms with E-state index in [-0.39, 0.29) is 23.2 Å². The lowest BCUT2D eigenvalue weighted by atomic mass is 9.85. The molecule has 0 unspecified atom stereocenters. The Kier molecular flexibility index (Phi) is 8.11. The predicted octanol–water partition coefficient (Wildman–Crippen LogP) is 5.74. The number of likely N-dealkylation sites (tertiary alicyclic amines) is 1. The molecule has 0 radical (unpaired) electrons. The maximum atomic E-state index is 14.2. The Labute approximate surface area is 211 Å². The summed E-state index contributed by atoms with van der Waals surface area (Å²) in [6, 6.07) is 4.91. The first-order valence-corrected chi connectivity index (χ1v) is 12.6. The third kappa shape index (κ3) is 5.62. The standard InChI is InChI=1S/C26H36N2O6S/c1-16(2)13-26(34-24(30)31)14-18(15-32-6)21(22-27-10-11-35-22)28(26)23(29)17-8-9-19(25(3,4)5)20(12-17)33-7/h8-12,16,18,21H,13-15H2,1-7H3,(H,30,31)/t18-,21+,26-/m0/s1. The number of benzene rings is 1. The van der Waals surface area contributed by atoms with Crippen molar-refractivity contribution in [2.45, 2.75) is 64.6 Å². The van der Waals surface area contributed by atoms with Crippen LogP contribution in [-0.2, 0) is 14.9 Å². The van der Waals surface area contributed by atoms with Crippen molar-refractivity contribution in [3.05, 3.63) is 45.9 Å². The van der Waals surface area contributed by atoms with Gasteiger partial charge in [0.05, 0.1) is 19.8 Å². The Bertz CT molecular complexity index is 1030. The monoisotopic (exact) mass is 504 g/mol. The zero-order chi connectivity index (χ0) is 26.0. The van der Waals surface area contributed by atoms with Crippen LogP contribution in [0.1, 0.15) is 74.4 Å². The number of carbonyl (C=O) groups excluding carboxylic acids is 1. The van der Waals surface area contributed by atoms with E-state index in [2.05, 4.69) is 25.8 Å². The number of amides is 1. The van der Waals surface area contributed by atoms with Gasteiger partial charge in [0.1, 0.15) is 10.8 Å². The fourth-order valence-electron chi connectivity index (χ4n) is 5.15. The fraction of sp³-hybridized carbons (Fsp3) is 0.577. The second-order valence-electron chi connectivity index (χ2n) is 10.5. The quantitative estimate of drug-likeness (QED) is 0.458. The van der Waals surface area contributed by atoms with Crippen molar-refractivity contribution in [3.63, 3.8) is 0 Å². The first-order valence-electron chi connectivity index (χ1n) is 11.8. The molecule has 192 valence electrons. The molecule has 0 aliphatic carbocycles. The van der Waals surface area contributed by atoms with Gasteiger partial charge in [-0.05, 0) is 29.0 Å². The van der Waals surface area contributed by atoms with Gasteiger partial charge in [0, 0.05) is 43.0 Å². The highest BCUT2D eigenvalue weighted by Crippen LogP contribution is 2.51. The van der Waals surface area contributed by atoms with Crippen LogP contribution in [0.4, 0.5) is 4.79 Å². The van der Waals surface area contributed by atoms with Gasteiger partial charge < -0.3 is 19.3 Å². The van der Waals surface area contributed by atoms with Gasteiger partial charge in [-0.25, -0.2) is 9.78 Å². The molecule has 1 aliphatic heterocycles. The van der Waals surface area contributed by atoms with Crippen LogP contribution in [0, 0.1) is 11.8 Å². The molecule has 1 amide bonds. The van der Waals surface area contributed by atoms with Gasteiger partial charge in [-0.3, -0.25) is 9.69 Å². The number of carbonyl (C=O) groups is 2. The Balaban J connectivity index is 2.19. The lowest BCUT2D eigenvalue weighted by Crippen LogP contribution is -2.52. The molecular formula is C26H36N2O6S. The summed E-state index contributed by atoms with van der Waals surface area (Å²) in [6.45, 7) is 10.5. The summed E-state index contributed by atoms with van der Waals surface area (Å²) in [5.41, 5.74) is -0.160. The third-order valence-electron chi connectivity index (χ3n) is 6.31. The van der Waals surface area contributed by atoms with Crippen molar-refractivity contribution in [1.82, 2.24) is 9.88 Å². The SMILES string of the molecule is COC[C@@H]1C[C@](CC(C)C)(OC(=O)O)N(C(=O)c2ccc(C(C)(C)C)c(OC)c2)[C@H]1c1nccs1. The number of methoxy groups -OCH3 is 2. The Hall–Kier alpha value is -2.65. The molecule has 3 atom stereocenters. The zero-order valence-electron chi connectivity index (χ0n) is 21.5. The van der Waals surface area contributed by atoms with E-state index >= 15 is 0 Å². The molecule has 0 bridgehead atoms. The molecular weight excluding hydrogens is 468 g/mol. The summed E-state index contributed by atoms with van der Waals surface area (Å²) in [4.78, 5) is 32.3. The Morgan fingerprint density at radius 3 is 2.51 bits per heavy atom. The number of ether oxygens (including phenoxy) is 3. The van der Waals surface area contributed by atoms with Gasteiger partial charge >= 0.3 is 6.16 Å². The smallest absolute Gasteiger partial charge is 0.496 e. The Morgan fingerprint density at radius 2 is 2.00 bits per heavy atom. The van der Waals surface area contributed by atoms with Crippen LogP contribution in [0.25, 0.3) is 0 Å². The van der Waals surface area contributed by atoms with Crippen molar-refractivity contribution in [1.29, 1.82) is 0 Å². The van der Waals surface area contributed by atoms with E-state index < -0.39 is 17.9 Å². The van der Waals surface area contributed by atoms with Crippen LogP contribution in [0.5, 0.6) is 5.75 Å². The average molecular weight is 505 g/mol. The number of rotatable bonds is 8. The molecule has 9 heteroatoms. The van der Waals surface area contributed by atoms with E-state index in [1.807, 2.05) is 25.3 Å². The van der Waals surface area contributed by atoms with Crippen LogP contribution in [0.3, 0.4) is 0 Å². The molecule has 3 rings (SSSR count). The summed E-state index contributed by atoms with van der Waals surface area (Å²) >= 11 is 1.43. The first kappa shape index (κ1) is 26.9. The summed E-state index contributed by atoms with van der Waals surface area (Å²) in [5, 5.41) is 12.3. The second-order valence-corrected chi connectivity index (χ2v) is 11.4. The number of aromatic nitrogens is 1. The van der Waals surface area contributed by atoms with Gasteiger partial charge in [-0.1, -0.05) is 40.7 Å². The molecule has 1 aliphatic rings. The van der Waals surface area contributed by atoms with Crippen LogP contribution in [0.15, 0.2) is 29.8 Å². The highest BCUT2D eigenvalue weighted by molar-refractivity contribution is 7.09. The highest BCUT2D eigenvalue weighted by atomic mass is 32.1. The van der Waals surface area contributed by atoms with E-state index in [1.54, 1.807) is 37.4 Å². The van der Waals surface area contributed by atoms with E-state index in [9.17, 15) is 14.7 Å². The first-order chi connectivity index (χ1) is 16.4. The predicted molar refractivity (Wildman–Crippen MR) is 134 cm³/mol. The highest BCUT2D eigenvalue weighted by Gasteiger charge is 2.58. The molecule has 2 aromatic rings. The molecule has 1 N–H and O–H groups in total. The molecule has 0 saturated carbocycles. The number of thiazole rings is 1. The molecule has 8 nitrogen and oxygen atoms in total. The second kappa shape index (κ2) is 10.5. The summed E-state index contributed by atoms with van der Waals surface area (Å²) < 4.78 is 16.8.